The first-order valence-electron chi connectivity index (χ1n) is 9.25. The zero-order valence-corrected chi connectivity index (χ0v) is 15.7. The standard InChI is InChI=1S/C20H22N6O2/c1-24-8-10-25(11-9-24)17-6-5-15(12-21-17)13-23-19(27)16-14-22-18-4-2-3-7-26(18)20(16)28/h2-7,12,14H,8-11,13H2,1H3,(H,23,27). The summed E-state index contributed by atoms with van der Waals surface area (Å²) >= 11 is 0. The van der Waals surface area contributed by atoms with E-state index in [-0.39, 0.29) is 11.1 Å². The highest BCUT2D eigenvalue weighted by molar-refractivity contribution is 5.93. The number of likely N-dealkylation sites (N-methyl/N-ethyl adjacent to an activating group) is 1. The molecule has 28 heavy (non-hydrogen) atoms. The van der Waals surface area contributed by atoms with E-state index in [1.54, 1.807) is 30.6 Å². The maximum atomic E-state index is 12.5. The van der Waals surface area contributed by atoms with Crippen LogP contribution >= 0.6 is 0 Å². The number of carbonyl (C=O) groups is 1. The number of piperazine rings is 1. The van der Waals surface area contributed by atoms with E-state index >= 15 is 0 Å². The van der Waals surface area contributed by atoms with Gasteiger partial charge in [0.2, 0.25) is 0 Å². The van der Waals surface area contributed by atoms with Crippen LogP contribution in [-0.2, 0) is 6.54 Å². The van der Waals surface area contributed by atoms with Gasteiger partial charge in [0.1, 0.15) is 17.0 Å². The highest BCUT2D eigenvalue weighted by Crippen LogP contribution is 2.13. The lowest BCUT2D eigenvalue weighted by atomic mass is 10.2. The molecule has 1 amide bonds. The molecule has 3 aromatic rings. The third-order valence-electron chi connectivity index (χ3n) is 4.95. The first-order chi connectivity index (χ1) is 13.6. The molecular formula is C20H22N6O2. The van der Waals surface area contributed by atoms with Gasteiger partial charge in [-0.25, -0.2) is 9.97 Å². The third kappa shape index (κ3) is 3.72. The fraction of sp³-hybridized carbons (Fsp3) is 0.300. The number of nitrogens with one attached hydrogen (secondary N) is 1. The fourth-order valence-electron chi connectivity index (χ4n) is 3.20. The van der Waals surface area contributed by atoms with E-state index in [1.165, 1.54) is 10.6 Å². The van der Waals surface area contributed by atoms with Gasteiger partial charge in [0, 0.05) is 51.3 Å². The van der Waals surface area contributed by atoms with Gasteiger partial charge in [0.15, 0.2) is 0 Å². The molecule has 0 unspecified atom stereocenters. The molecule has 1 aliphatic rings. The molecule has 1 saturated heterocycles. The van der Waals surface area contributed by atoms with Gasteiger partial charge < -0.3 is 15.1 Å². The monoisotopic (exact) mass is 378 g/mol. The van der Waals surface area contributed by atoms with Crippen molar-refractivity contribution in [3.8, 4) is 0 Å². The Labute approximate surface area is 162 Å². The predicted molar refractivity (Wildman–Crippen MR) is 107 cm³/mol. The van der Waals surface area contributed by atoms with Crippen LogP contribution in [0.1, 0.15) is 15.9 Å². The summed E-state index contributed by atoms with van der Waals surface area (Å²) in [5.74, 6) is 0.499. The highest BCUT2D eigenvalue weighted by atomic mass is 16.2. The summed E-state index contributed by atoms with van der Waals surface area (Å²) in [7, 11) is 2.12. The van der Waals surface area contributed by atoms with Crippen molar-refractivity contribution in [1.29, 1.82) is 0 Å². The maximum Gasteiger partial charge on any atom is 0.270 e. The maximum absolute atomic E-state index is 12.5. The lowest BCUT2D eigenvalue weighted by molar-refractivity contribution is 0.0949. The van der Waals surface area contributed by atoms with Crippen molar-refractivity contribution >= 4 is 17.4 Å². The number of pyridine rings is 2. The molecule has 3 aromatic heterocycles. The topological polar surface area (TPSA) is 82.8 Å². The number of hydrogen-bond donors (Lipinski definition) is 1. The lowest BCUT2D eigenvalue weighted by Gasteiger charge is -2.33. The average Bonchev–Trinajstić information content (AvgIpc) is 2.73. The van der Waals surface area contributed by atoms with Gasteiger partial charge in [-0.05, 0) is 30.8 Å². The van der Waals surface area contributed by atoms with E-state index in [2.05, 4.69) is 32.1 Å². The summed E-state index contributed by atoms with van der Waals surface area (Å²) in [6.07, 6.45) is 4.68. The van der Waals surface area contributed by atoms with Crippen LogP contribution in [0.3, 0.4) is 0 Å². The van der Waals surface area contributed by atoms with Gasteiger partial charge in [-0.1, -0.05) is 12.1 Å². The molecule has 1 fully saturated rings. The van der Waals surface area contributed by atoms with E-state index in [0.717, 1.165) is 37.6 Å². The van der Waals surface area contributed by atoms with Gasteiger partial charge in [0.05, 0.1) is 0 Å². The molecule has 4 heterocycles. The Kier molecular flexibility index (Phi) is 5.03. The second kappa shape index (κ2) is 7.77. The van der Waals surface area contributed by atoms with Crippen molar-refractivity contribution in [2.24, 2.45) is 0 Å². The van der Waals surface area contributed by atoms with E-state index < -0.39 is 5.91 Å². The van der Waals surface area contributed by atoms with Crippen LogP contribution in [0.25, 0.3) is 5.65 Å². The molecule has 0 aliphatic carbocycles. The minimum Gasteiger partial charge on any atom is -0.354 e. The zero-order chi connectivity index (χ0) is 19.5. The second-order valence-electron chi connectivity index (χ2n) is 6.90. The summed E-state index contributed by atoms with van der Waals surface area (Å²) in [6.45, 7) is 4.26. The Morgan fingerprint density at radius 1 is 1.07 bits per heavy atom. The van der Waals surface area contributed by atoms with Crippen molar-refractivity contribution in [2.75, 3.05) is 38.1 Å². The first kappa shape index (κ1) is 18.1. The molecule has 1 aliphatic heterocycles. The predicted octanol–water partition coefficient (Wildman–Crippen LogP) is 0.771. The zero-order valence-electron chi connectivity index (χ0n) is 15.7. The van der Waals surface area contributed by atoms with Gasteiger partial charge in [-0.2, -0.15) is 0 Å². The Morgan fingerprint density at radius 2 is 1.89 bits per heavy atom. The molecule has 0 saturated carbocycles. The van der Waals surface area contributed by atoms with E-state index in [0.29, 0.717) is 12.2 Å². The molecule has 8 heteroatoms. The van der Waals surface area contributed by atoms with Gasteiger partial charge >= 0.3 is 0 Å². The van der Waals surface area contributed by atoms with Crippen LogP contribution in [0.5, 0.6) is 0 Å². The van der Waals surface area contributed by atoms with Crippen molar-refractivity contribution in [2.45, 2.75) is 6.54 Å². The molecular weight excluding hydrogens is 356 g/mol. The molecule has 8 nitrogen and oxygen atoms in total. The Balaban J connectivity index is 1.41. The third-order valence-corrected chi connectivity index (χ3v) is 4.95. The molecule has 4 rings (SSSR count). The van der Waals surface area contributed by atoms with Crippen molar-refractivity contribution < 1.29 is 4.79 Å². The van der Waals surface area contributed by atoms with Crippen LogP contribution < -0.4 is 15.8 Å². The normalized spacial score (nSPS) is 15.0. The molecule has 0 radical (unpaired) electrons. The summed E-state index contributed by atoms with van der Waals surface area (Å²) < 4.78 is 1.36. The molecule has 0 bridgehead atoms. The van der Waals surface area contributed by atoms with Crippen LogP contribution in [-0.4, -0.2) is 58.4 Å². The molecule has 0 spiro atoms. The molecule has 0 aromatic carbocycles. The number of carbonyl (C=O) groups excluding carboxylic acids is 1. The molecule has 144 valence electrons. The van der Waals surface area contributed by atoms with Crippen molar-refractivity contribution in [1.82, 2.24) is 24.6 Å². The molecule has 1 N–H and O–H groups in total. The Morgan fingerprint density at radius 3 is 2.64 bits per heavy atom. The average molecular weight is 378 g/mol. The van der Waals surface area contributed by atoms with Crippen LogP contribution in [0, 0.1) is 0 Å². The number of fused-ring (bicyclic) bond motifs is 1. The molecule has 0 atom stereocenters. The second-order valence-corrected chi connectivity index (χ2v) is 6.90. The Bertz CT molecular complexity index is 1040. The highest BCUT2D eigenvalue weighted by Gasteiger charge is 2.16. The number of rotatable bonds is 4. The summed E-state index contributed by atoms with van der Waals surface area (Å²) in [5.41, 5.74) is 1.02. The van der Waals surface area contributed by atoms with Gasteiger partial charge in [0.25, 0.3) is 11.5 Å². The smallest absolute Gasteiger partial charge is 0.270 e. The summed E-state index contributed by atoms with van der Waals surface area (Å²) in [6, 6.07) is 9.16. The minimum atomic E-state index is -0.445. The SMILES string of the molecule is CN1CCN(c2ccc(CNC(=O)c3cnc4ccccn4c3=O)cn2)CC1. The van der Waals surface area contributed by atoms with E-state index in [4.69, 9.17) is 0 Å². The Hall–Kier alpha value is -3.26. The van der Waals surface area contributed by atoms with Crippen molar-refractivity contribution in [3.63, 3.8) is 0 Å². The van der Waals surface area contributed by atoms with E-state index in [1.807, 2.05) is 12.1 Å². The minimum absolute atomic E-state index is 0.0192. The number of anilines is 1. The number of aromatic nitrogens is 3. The van der Waals surface area contributed by atoms with Gasteiger partial charge in [-0.15, -0.1) is 0 Å². The number of nitrogens with zero attached hydrogens (tertiary/aromatic N) is 5. The van der Waals surface area contributed by atoms with Crippen LogP contribution in [0.2, 0.25) is 0 Å². The van der Waals surface area contributed by atoms with Crippen LogP contribution in [0.4, 0.5) is 5.82 Å². The quantitative estimate of drug-likeness (QED) is 0.722. The summed E-state index contributed by atoms with van der Waals surface area (Å²) in [4.78, 5) is 38.1. The lowest BCUT2D eigenvalue weighted by Crippen LogP contribution is -2.44. The first-order valence-corrected chi connectivity index (χ1v) is 9.25. The van der Waals surface area contributed by atoms with Gasteiger partial charge in [-0.3, -0.25) is 14.0 Å². The largest absolute Gasteiger partial charge is 0.354 e. The number of hydrogen-bond acceptors (Lipinski definition) is 6. The summed E-state index contributed by atoms with van der Waals surface area (Å²) in [5, 5.41) is 2.77. The van der Waals surface area contributed by atoms with Crippen LogP contribution in [0.15, 0.2) is 53.7 Å². The van der Waals surface area contributed by atoms with E-state index in [9.17, 15) is 9.59 Å². The van der Waals surface area contributed by atoms with Crippen molar-refractivity contribution in [3.05, 3.63) is 70.4 Å². The number of amides is 1. The fourth-order valence-corrected chi connectivity index (χ4v) is 3.20.